The first-order valence-electron chi connectivity index (χ1n) is 8.87. The van der Waals surface area contributed by atoms with Gasteiger partial charge in [0.2, 0.25) is 0 Å². The third kappa shape index (κ3) is 15.5. The average Bonchev–Trinajstić information content (AvgIpc) is 2.50. The fourth-order valence-corrected chi connectivity index (χ4v) is 2.44. The molecule has 0 aliphatic rings. The predicted octanol–water partition coefficient (Wildman–Crippen LogP) is 4.24. The summed E-state index contributed by atoms with van der Waals surface area (Å²) in [5, 5.41) is 19.1. The van der Waals surface area contributed by atoms with Crippen LogP contribution in [0, 0.1) is 0 Å². The summed E-state index contributed by atoms with van der Waals surface area (Å²) in [6.07, 6.45) is 16.9. The summed E-state index contributed by atoms with van der Waals surface area (Å²) in [5.74, 6) is -0.961. The van der Waals surface area contributed by atoms with Crippen molar-refractivity contribution in [1.82, 2.24) is 0 Å². The molecule has 130 valence electrons. The lowest BCUT2D eigenvalue weighted by molar-refractivity contribution is -0.305. The lowest BCUT2D eigenvalue weighted by Gasteiger charge is -2.08. The van der Waals surface area contributed by atoms with E-state index in [0.29, 0.717) is 6.42 Å². The highest BCUT2D eigenvalue weighted by atomic mass is 17.1. The molecule has 0 aromatic carbocycles. The molecule has 4 heteroatoms. The minimum Gasteiger partial charge on any atom is -0.550 e. The fourth-order valence-electron chi connectivity index (χ4n) is 2.44. The van der Waals surface area contributed by atoms with Crippen LogP contribution in [0.15, 0.2) is 12.2 Å². The molecule has 0 aliphatic heterocycles. The summed E-state index contributed by atoms with van der Waals surface area (Å²) >= 11 is 0. The smallest absolute Gasteiger partial charge is 0.111 e. The molecule has 22 heavy (non-hydrogen) atoms. The van der Waals surface area contributed by atoms with E-state index in [1.165, 1.54) is 32.1 Å². The molecule has 0 saturated carbocycles. The minimum absolute atomic E-state index is 0.161. The van der Waals surface area contributed by atoms with Gasteiger partial charge in [-0.15, -0.1) is 0 Å². The van der Waals surface area contributed by atoms with Crippen molar-refractivity contribution in [3.8, 4) is 0 Å². The molecule has 0 heterocycles. The first-order chi connectivity index (χ1) is 10.7. The number of hydrogen-bond acceptors (Lipinski definition) is 4. The van der Waals surface area contributed by atoms with Gasteiger partial charge in [-0.25, -0.2) is 4.89 Å². The van der Waals surface area contributed by atoms with Crippen LogP contribution in [0.25, 0.3) is 0 Å². The molecule has 0 aliphatic carbocycles. The summed E-state index contributed by atoms with van der Waals surface area (Å²) < 4.78 is 0. The van der Waals surface area contributed by atoms with E-state index < -0.39 is 5.97 Å². The van der Waals surface area contributed by atoms with E-state index in [1.54, 1.807) is 0 Å². The summed E-state index contributed by atoms with van der Waals surface area (Å²) in [5.41, 5.74) is 0. The maximum atomic E-state index is 10.2. The number of carbonyl (C=O) groups is 1. The van der Waals surface area contributed by atoms with Gasteiger partial charge in [0, 0.05) is 5.97 Å². The van der Waals surface area contributed by atoms with E-state index in [1.807, 2.05) is 6.08 Å². The number of aliphatic carboxylic acids is 1. The Kier molecular flexibility index (Phi) is 15.8. The van der Waals surface area contributed by atoms with Gasteiger partial charge in [0.05, 0.1) is 0 Å². The Labute approximate surface area is 135 Å². The van der Waals surface area contributed by atoms with Crippen molar-refractivity contribution in [3.63, 3.8) is 0 Å². The molecule has 0 rings (SSSR count). The van der Waals surface area contributed by atoms with E-state index in [4.69, 9.17) is 5.26 Å². The van der Waals surface area contributed by atoms with Crippen LogP contribution in [-0.2, 0) is 9.68 Å². The lowest BCUT2D eigenvalue weighted by atomic mass is 10.1. The van der Waals surface area contributed by atoms with E-state index in [9.17, 15) is 9.90 Å². The van der Waals surface area contributed by atoms with Crippen LogP contribution in [-0.4, -0.2) is 17.3 Å². The molecular formula is C18H33O4-. The molecule has 0 spiro atoms. The maximum Gasteiger partial charge on any atom is 0.111 e. The Morgan fingerprint density at radius 3 is 2.36 bits per heavy atom. The number of rotatable bonds is 16. The lowest BCUT2D eigenvalue weighted by Crippen LogP contribution is -2.21. The quantitative estimate of drug-likeness (QED) is 0.200. The Hall–Kier alpha value is -0.870. The Morgan fingerprint density at radius 2 is 1.68 bits per heavy atom. The molecule has 0 amide bonds. The van der Waals surface area contributed by atoms with E-state index in [2.05, 4.69) is 17.9 Å². The fraction of sp³-hybridized carbons (Fsp3) is 0.833. The number of carboxylic acid groups (broad SMARTS) is 1. The van der Waals surface area contributed by atoms with Gasteiger partial charge in [0.1, 0.15) is 6.10 Å². The van der Waals surface area contributed by atoms with Crippen LogP contribution < -0.4 is 5.11 Å². The largest absolute Gasteiger partial charge is 0.550 e. The minimum atomic E-state index is -0.961. The highest BCUT2D eigenvalue weighted by Gasteiger charge is 2.03. The molecule has 0 unspecified atom stereocenters. The topological polar surface area (TPSA) is 69.6 Å². The van der Waals surface area contributed by atoms with Gasteiger partial charge >= 0.3 is 0 Å². The van der Waals surface area contributed by atoms with Gasteiger partial charge < -0.3 is 9.90 Å². The third-order valence-corrected chi connectivity index (χ3v) is 3.83. The van der Waals surface area contributed by atoms with Crippen molar-refractivity contribution >= 4 is 5.97 Å². The molecule has 0 aromatic heterocycles. The van der Waals surface area contributed by atoms with Gasteiger partial charge in [0.15, 0.2) is 0 Å². The van der Waals surface area contributed by atoms with Crippen molar-refractivity contribution in [1.29, 1.82) is 0 Å². The van der Waals surface area contributed by atoms with Crippen LogP contribution in [0.3, 0.4) is 0 Å². The number of carboxylic acids is 1. The van der Waals surface area contributed by atoms with Crippen molar-refractivity contribution in [2.75, 3.05) is 0 Å². The number of carbonyl (C=O) groups excluding carboxylic acids is 1. The summed E-state index contributed by atoms with van der Waals surface area (Å²) in [7, 11) is 0. The van der Waals surface area contributed by atoms with Gasteiger partial charge in [-0.2, -0.15) is 0 Å². The highest BCUT2D eigenvalue weighted by Crippen LogP contribution is 2.12. The van der Waals surface area contributed by atoms with Crippen molar-refractivity contribution in [3.05, 3.63) is 12.2 Å². The molecule has 0 bridgehead atoms. The molecule has 0 aromatic rings. The van der Waals surface area contributed by atoms with E-state index >= 15 is 0 Å². The van der Waals surface area contributed by atoms with Crippen molar-refractivity contribution < 1.29 is 20.0 Å². The van der Waals surface area contributed by atoms with E-state index in [0.717, 1.165) is 38.5 Å². The van der Waals surface area contributed by atoms with Crippen molar-refractivity contribution in [2.45, 2.75) is 96.5 Å². The zero-order valence-electron chi connectivity index (χ0n) is 14.1. The average molecular weight is 313 g/mol. The summed E-state index contributed by atoms with van der Waals surface area (Å²) in [6, 6.07) is 0. The first-order valence-corrected chi connectivity index (χ1v) is 8.87. The van der Waals surface area contributed by atoms with Gasteiger partial charge in [0.25, 0.3) is 0 Å². The zero-order chi connectivity index (χ0) is 16.5. The molecule has 1 N–H and O–H groups in total. The second kappa shape index (κ2) is 16.5. The Balaban J connectivity index is 3.47. The number of unbranched alkanes of at least 4 members (excludes halogenated alkanes) is 9. The third-order valence-electron chi connectivity index (χ3n) is 3.83. The predicted molar refractivity (Wildman–Crippen MR) is 87.3 cm³/mol. The highest BCUT2D eigenvalue weighted by molar-refractivity contribution is 5.63. The van der Waals surface area contributed by atoms with Crippen LogP contribution in [0.4, 0.5) is 0 Å². The SMILES string of the molecule is CCCCCCCC[C@H](/C=C/CCCCCCC(=O)[O-])OO. The Bertz CT molecular complexity index is 276. The zero-order valence-corrected chi connectivity index (χ0v) is 14.1. The molecule has 0 radical (unpaired) electrons. The summed E-state index contributed by atoms with van der Waals surface area (Å²) in [4.78, 5) is 14.7. The molecule has 0 saturated heterocycles. The van der Waals surface area contributed by atoms with Crippen LogP contribution in [0.2, 0.25) is 0 Å². The van der Waals surface area contributed by atoms with E-state index in [-0.39, 0.29) is 12.5 Å². The van der Waals surface area contributed by atoms with Crippen LogP contribution >= 0.6 is 0 Å². The van der Waals surface area contributed by atoms with Gasteiger partial charge in [-0.3, -0.25) is 5.26 Å². The standard InChI is InChI=1S/C18H34O4/c1-2-3-4-5-8-11-14-17(22-21)15-12-9-6-7-10-13-16-18(19)20/h12,15,17,21H,2-11,13-14,16H2,1H3,(H,19,20)/p-1/b15-12+/t17-/m1/s1. The summed E-state index contributed by atoms with van der Waals surface area (Å²) in [6.45, 7) is 2.21. The maximum absolute atomic E-state index is 10.2. The van der Waals surface area contributed by atoms with Crippen LogP contribution in [0.5, 0.6) is 0 Å². The first kappa shape index (κ1) is 21.1. The molecule has 0 fully saturated rings. The number of hydrogen-bond donors (Lipinski definition) is 1. The van der Waals surface area contributed by atoms with Gasteiger partial charge in [-0.05, 0) is 32.1 Å². The monoisotopic (exact) mass is 313 g/mol. The van der Waals surface area contributed by atoms with Crippen LogP contribution in [0.1, 0.15) is 90.4 Å². The Morgan fingerprint density at radius 1 is 1.05 bits per heavy atom. The van der Waals surface area contributed by atoms with Gasteiger partial charge in [-0.1, -0.05) is 70.4 Å². The second-order valence-electron chi connectivity index (χ2n) is 5.95. The second-order valence-corrected chi connectivity index (χ2v) is 5.95. The van der Waals surface area contributed by atoms with Crippen molar-refractivity contribution in [2.24, 2.45) is 0 Å². The molecule has 4 nitrogen and oxygen atoms in total. The number of allylic oxidation sites excluding steroid dienone is 1. The molecular weight excluding hydrogens is 280 g/mol. The normalized spacial score (nSPS) is 12.8. The molecule has 1 atom stereocenters.